The van der Waals surface area contributed by atoms with Crippen molar-refractivity contribution in [2.24, 2.45) is 0 Å². The van der Waals surface area contributed by atoms with Gasteiger partial charge in [0, 0.05) is 39.0 Å². The first-order chi connectivity index (χ1) is 13.9. The van der Waals surface area contributed by atoms with Crippen LogP contribution in [-0.4, -0.2) is 56.0 Å². The fourth-order valence-corrected chi connectivity index (χ4v) is 4.34. The number of piperidine rings is 1. The van der Waals surface area contributed by atoms with Crippen LogP contribution >= 0.6 is 0 Å². The van der Waals surface area contributed by atoms with Gasteiger partial charge in [0.05, 0.1) is 13.0 Å². The van der Waals surface area contributed by atoms with Gasteiger partial charge in [0.25, 0.3) is 0 Å². The van der Waals surface area contributed by atoms with Gasteiger partial charge < -0.3 is 14.4 Å². The Labute approximate surface area is 171 Å². The molecule has 1 aromatic carbocycles. The quantitative estimate of drug-likeness (QED) is 0.799. The minimum atomic E-state index is 0.0800. The van der Waals surface area contributed by atoms with E-state index < -0.39 is 0 Å². The lowest BCUT2D eigenvalue weighted by Gasteiger charge is -2.33. The van der Waals surface area contributed by atoms with Gasteiger partial charge in [-0.1, -0.05) is 18.2 Å². The summed E-state index contributed by atoms with van der Waals surface area (Å²) in [7, 11) is 0. The fourth-order valence-electron chi connectivity index (χ4n) is 4.34. The van der Waals surface area contributed by atoms with Crippen molar-refractivity contribution in [3.05, 3.63) is 46.5 Å². The van der Waals surface area contributed by atoms with Crippen LogP contribution in [0, 0.1) is 13.8 Å². The molecule has 2 aliphatic heterocycles. The molecule has 0 spiro atoms. The molecule has 1 saturated heterocycles. The van der Waals surface area contributed by atoms with Crippen LogP contribution in [0.3, 0.4) is 0 Å². The number of likely N-dealkylation sites (tertiary alicyclic amines) is 1. The second-order valence-corrected chi connectivity index (χ2v) is 8.32. The molecule has 0 atom stereocenters. The van der Waals surface area contributed by atoms with Crippen molar-refractivity contribution in [1.29, 1.82) is 0 Å². The van der Waals surface area contributed by atoms with Crippen LogP contribution in [0.5, 0.6) is 0 Å². The zero-order chi connectivity index (χ0) is 20.5. The van der Waals surface area contributed by atoms with Gasteiger partial charge in [-0.15, -0.1) is 10.2 Å². The summed E-state index contributed by atoms with van der Waals surface area (Å²) >= 11 is 0. The maximum Gasteiger partial charge on any atom is 0.226 e. The highest BCUT2D eigenvalue weighted by molar-refractivity contribution is 5.79. The van der Waals surface area contributed by atoms with Crippen molar-refractivity contribution in [1.82, 2.24) is 24.6 Å². The number of hydrogen-bond acceptors (Lipinski definition) is 4. The van der Waals surface area contributed by atoms with E-state index in [2.05, 4.69) is 46.8 Å². The largest absolute Gasteiger partial charge is 0.342 e. The summed E-state index contributed by atoms with van der Waals surface area (Å²) in [6, 6.07) is 6.26. The van der Waals surface area contributed by atoms with Crippen molar-refractivity contribution in [2.75, 3.05) is 19.6 Å². The summed E-state index contributed by atoms with van der Waals surface area (Å²) in [4.78, 5) is 28.1. The predicted octanol–water partition coefficient (Wildman–Crippen LogP) is 2.21. The molecule has 154 valence electrons. The molecule has 0 bridgehead atoms. The van der Waals surface area contributed by atoms with Crippen molar-refractivity contribution in [3.8, 4) is 0 Å². The number of benzene rings is 1. The highest BCUT2D eigenvalue weighted by atomic mass is 16.2. The van der Waals surface area contributed by atoms with Gasteiger partial charge in [-0.2, -0.15) is 0 Å². The topological polar surface area (TPSA) is 71.3 Å². The monoisotopic (exact) mass is 395 g/mol. The average Bonchev–Trinajstić information content (AvgIpc) is 3.14. The highest BCUT2D eigenvalue weighted by Gasteiger charge is 2.30. The van der Waals surface area contributed by atoms with Crippen molar-refractivity contribution >= 4 is 11.8 Å². The molecule has 1 fully saturated rings. The van der Waals surface area contributed by atoms with E-state index in [-0.39, 0.29) is 11.8 Å². The van der Waals surface area contributed by atoms with Crippen LogP contribution in [-0.2, 0) is 29.1 Å². The number of nitrogens with zero attached hydrogens (tertiary/aromatic N) is 5. The molecular formula is C22H29N5O2. The van der Waals surface area contributed by atoms with E-state index in [1.807, 2.05) is 9.80 Å². The smallest absolute Gasteiger partial charge is 0.226 e. The maximum atomic E-state index is 12.7. The lowest BCUT2D eigenvalue weighted by molar-refractivity contribution is -0.131. The van der Waals surface area contributed by atoms with Crippen molar-refractivity contribution in [3.63, 3.8) is 0 Å². The van der Waals surface area contributed by atoms with E-state index in [1.54, 1.807) is 6.92 Å². The second-order valence-electron chi connectivity index (χ2n) is 8.32. The number of amides is 2. The Hall–Kier alpha value is -2.70. The predicted molar refractivity (Wildman–Crippen MR) is 109 cm³/mol. The summed E-state index contributed by atoms with van der Waals surface area (Å²) in [6.45, 7) is 9.29. The van der Waals surface area contributed by atoms with Gasteiger partial charge >= 0.3 is 0 Å². The standard InChI is InChI=1S/C22H29N5O2/c1-15-4-5-18(12-16(15)2)13-21(29)25-8-6-19(7-9-25)22-24-23-20-14-26(17(3)28)10-11-27(20)22/h4-5,12,19H,6-11,13-14H2,1-3H3. The Kier molecular flexibility index (Phi) is 5.39. The van der Waals surface area contributed by atoms with Crippen LogP contribution < -0.4 is 0 Å². The minimum Gasteiger partial charge on any atom is -0.342 e. The lowest BCUT2D eigenvalue weighted by Crippen LogP contribution is -2.40. The van der Waals surface area contributed by atoms with E-state index in [1.165, 1.54) is 11.1 Å². The molecule has 7 heteroatoms. The Morgan fingerprint density at radius 2 is 1.76 bits per heavy atom. The Bertz CT molecular complexity index is 927. The average molecular weight is 396 g/mol. The first-order valence-electron chi connectivity index (χ1n) is 10.4. The van der Waals surface area contributed by atoms with E-state index in [4.69, 9.17) is 0 Å². The molecule has 29 heavy (non-hydrogen) atoms. The number of carbonyl (C=O) groups excluding carboxylic acids is 2. The number of aromatic nitrogens is 3. The first-order valence-corrected chi connectivity index (χ1v) is 10.4. The molecule has 7 nitrogen and oxygen atoms in total. The van der Waals surface area contributed by atoms with E-state index >= 15 is 0 Å². The zero-order valence-corrected chi connectivity index (χ0v) is 17.5. The Balaban J connectivity index is 1.36. The van der Waals surface area contributed by atoms with E-state index in [0.717, 1.165) is 49.7 Å². The van der Waals surface area contributed by atoms with Gasteiger partial charge in [0.15, 0.2) is 5.82 Å². The van der Waals surface area contributed by atoms with Crippen LogP contribution in [0.15, 0.2) is 18.2 Å². The number of fused-ring (bicyclic) bond motifs is 1. The molecule has 0 saturated carbocycles. The summed E-state index contributed by atoms with van der Waals surface area (Å²) in [5, 5.41) is 8.77. The number of carbonyl (C=O) groups is 2. The van der Waals surface area contributed by atoms with Crippen molar-refractivity contribution in [2.45, 2.75) is 59.0 Å². The molecule has 2 amide bonds. The molecule has 0 unspecified atom stereocenters. The number of hydrogen-bond donors (Lipinski definition) is 0. The molecule has 3 heterocycles. The SMILES string of the molecule is CC(=O)N1CCn2c(nnc2C2CCN(C(=O)Cc3ccc(C)c(C)c3)CC2)C1. The Morgan fingerprint density at radius 1 is 1.00 bits per heavy atom. The molecule has 0 aliphatic carbocycles. The maximum absolute atomic E-state index is 12.7. The third-order valence-electron chi connectivity index (χ3n) is 6.37. The summed E-state index contributed by atoms with van der Waals surface area (Å²) in [5.41, 5.74) is 3.57. The van der Waals surface area contributed by atoms with Crippen LogP contribution in [0.25, 0.3) is 0 Å². The molecule has 0 radical (unpaired) electrons. The van der Waals surface area contributed by atoms with Gasteiger partial charge in [-0.25, -0.2) is 0 Å². The summed E-state index contributed by atoms with van der Waals surface area (Å²) < 4.78 is 2.18. The van der Waals surface area contributed by atoms with Gasteiger partial charge in [-0.05, 0) is 43.4 Å². The number of aryl methyl sites for hydroxylation is 2. The molecular weight excluding hydrogens is 366 g/mol. The lowest BCUT2D eigenvalue weighted by atomic mass is 9.95. The van der Waals surface area contributed by atoms with Gasteiger partial charge in [0.2, 0.25) is 11.8 Å². The van der Waals surface area contributed by atoms with Crippen molar-refractivity contribution < 1.29 is 9.59 Å². The third kappa shape index (κ3) is 4.04. The first kappa shape index (κ1) is 19.6. The van der Waals surface area contributed by atoms with Crippen LogP contribution in [0.1, 0.15) is 54.0 Å². The fraction of sp³-hybridized carbons (Fsp3) is 0.545. The molecule has 1 aromatic heterocycles. The third-order valence-corrected chi connectivity index (χ3v) is 6.37. The molecule has 2 aliphatic rings. The molecule has 4 rings (SSSR count). The minimum absolute atomic E-state index is 0.0800. The molecule has 0 N–H and O–H groups in total. The molecule has 2 aromatic rings. The van der Waals surface area contributed by atoms with Crippen LogP contribution in [0.4, 0.5) is 0 Å². The van der Waals surface area contributed by atoms with E-state index in [9.17, 15) is 9.59 Å². The van der Waals surface area contributed by atoms with Crippen LogP contribution in [0.2, 0.25) is 0 Å². The number of rotatable bonds is 3. The van der Waals surface area contributed by atoms with Gasteiger partial charge in [-0.3, -0.25) is 9.59 Å². The Morgan fingerprint density at radius 3 is 2.45 bits per heavy atom. The highest BCUT2D eigenvalue weighted by Crippen LogP contribution is 2.29. The second kappa shape index (κ2) is 7.97. The normalized spacial score (nSPS) is 17.3. The summed E-state index contributed by atoms with van der Waals surface area (Å²) in [5.74, 6) is 2.49. The summed E-state index contributed by atoms with van der Waals surface area (Å²) in [6.07, 6.45) is 2.29. The van der Waals surface area contributed by atoms with E-state index in [0.29, 0.717) is 25.4 Å². The van der Waals surface area contributed by atoms with Gasteiger partial charge in [0.1, 0.15) is 5.82 Å². The zero-order valence-electron chi connectivity index (χ0n) is 17.5.